The van der Waals surface area contributed by atoms with Crippen molar-refractivity contribution in [1.82, 2.24) is 0 Å². The molecule has 0 bridgehead atoms. The third-order valence-corrected chi connectivity index (χ3v) is 5.84. The second-order valence-electron chi connectivity index (χ2n) is 8.21. The molecule has 0 N–H and O–H groups in total. The Morgan fingerprint density at radius 1 is 1.18 bits per heavy atom. The molecular formula is C23H22FNO3. The number of carbonyl (C=O) groups is 1. The molecule has 144 valence electrons. The molecule has 2 aromatic carbocycles. The highest BCUT2D eigenvalue weighted by Crippen LogP contribution is 2.43. The zero-order chi connectivity index (χ0) is 20.2. The maximum atomic E-state index is 13.1. The van der Waals surface area contributed by atoms with Crippen molar-refractivity contribution < 1.29 is 13.6 Å². The van der Waals surface area contributed by atoms with Crippen molar-refractivity contribution in [1.29, 1.82) is 0 Å². The molecular weight excluding hydrogens is 357 g/mol. The Morgan fingerprint density at radius 3 is 2.54 bits per heavy atom. The first-order valence-electron chi connectivity index (χ1n) is 9.33. The predicted octanol–water partition coefficient (Wildman–Crippen LogP) is 4.89. The Bertz CT molecular complexity index is 1140. The topological polar surface area (TPSA) is 50.5 Å². The summed E-state index contributed by atoms with van der Waals surface area (Å²) in [4.78, 5) is 27.4. The number of anilines is 1. The number of ketones is 1. The summed E-state index contributed by atoms with van der Waals surface area (Å²) < 4.78 is 18.6. The first kappa shape index (κ1) is 18.4. The Labute approximate surface area is 162 Å². The van der Waals surface area contributed by atoms with Crippen LogP contribution in [0.25, 0.3) is 11.0 Å². The largest absolute Gasteiger partial charge is 0.422 e. The molecule has 0 aliphatic carbocycles. The van der Waals surface area contributed by atoms with Gasteiger partial charge >= 0.3 is 5.63 Å². The highest BCUT2D eigenvalue weighted by atomic mass is 19.1. The van der Waals surface area contributed by atoms with Gasteiger partial charge in [0.25, 0.3) is 0 Å². The smallest absolute Gasteiger partial charge is 0.347 e. The van der Waals surface area contributed by atoms with Crippen LogP contribution in [-0.4, -0.2) is 18.4 Å². The van der Waals surface area contributed by atoms with E-state index in [2.05, 4.69) is 25.7 Å². The van der Waals surface area contributed by atoms with Crippen LogP contribution in [-0.2, 0) is 0 Å². The number of rotatable bonds is 2. The van der Waals surface area contributed by atoms with Gasteiger partial charge in [-0.25, -0.2) is 9.18 Å². The summed E-state index contributed by atoms with van der Waals surface area (Å²) in [7, 11) is 2.04. The molecule has 0 spiro atoms. The normalized spacial score (nSPS) is 18.2. The van der Waals surface area contributed by atoms with Crippen molar-refractivity contribution in [2.24, 2.45) is 0 Å². The van der Waals surface area contributed by atoms with Crippen LogP contribution in [0, 0.1) is 5.82 Å². The van der Waals surface area contributed by atoms with Crippen LogP contribution in [0.5, 0.6) is 0 Å². The van der Waals surface area contributed by atoms with E-state index in [4.69, 9.17) is 4.42 Å². The molecule has 1 aliphatic heterocycles. The number of nitrogens with zero attached hydrogens (tertiary/aromatic N) is 1. The molecule has 0 unspecified atom stereocenters. The molecule has 4 rings (SSSR count). The highest BCUT2D eigenvalue weighted by Gasteiger charge is 2.34. The summed E-state index contributed by atoms with van der Waals surface area (Å²) in [5, 5.41) is 0.712. The summed E-state index contributed by atoms with van der Waals surface area (Å²) in [6.07, 6.45) is 1.00. The predicted molar refractivity (Wildman–Crippen MR) is 108 cm³/mol. The number of fused-ring (bicyclic) bond motifs is 2. The van der Waals surface area contributed by atoms with Crippen molar-refractivity contribution in [2.75, 3.05) is 11.9 Å². The van der Waals surface area contributed by atoms with E-state index in [1.807, 2.05) is 19.2 Å². The van der Waals surface area contributed by atoms with Gasteiger partial charge in [0.2, 0.25) is 0 Å². The van der Waals surface area contributed by atoms with Gasteiger partial charge in [0.1, 0.15) is 17.0 Å². The minimum absolute atomic E-state index is 0.00111. The molecule has 28 heavy (non-hydrogen) atoms. The van der Waals surface area contributed by atoms with Gasteiger partial charge in [0, 0.05) is 35.3 Å². The molecule has 0 saturated carbocycles. The standard InChI is InChI=1S/C23H22FNO3/c1-13-12-23(2,3)25(4)19-11-20-15(9-17(13)19)10-18(22(27)28-20)21(26)14-5-7-16(24)8-6-14/h5-11,13H,12H2,1-4H3/t13-/m1/s1. The van der Waals surface area contributed by atoms with Crippen molar-refractivity contribution in [3.8, 4) is 0 Å². The van der Waals surface area contributed by atoms with Crippen LogP contribution in [0.3, 0.4) is 0 Å². The third-order valence-electron chi connectivity index (χ3n) is 5.84. The van der Waals surface area contributed by atoms with E-state index in [-0.39, 0.29) is 16.7 Å². The molecule has 1 aromatic heterocycles. The van der Waals surface area contributed by atoms with Crippen molar-refractivity contribution >= 4 is 22.4 Å². The summed E-state index contributed by atoms with van der Waals surface area (Å²) in [5.41, 5.74) is 2.18. The lowest BCUT2D eigenvalue weighted by Gasteiger charge is -2.45. The Kier molecular flexibility index (Phi) is 4.14. The van der Waals surface area contributed by atoms with Crippen LogP contribution in [0.2, 0.25) is 0 Å². The van der Waals surface area contributed by atoms with Crippen LogP contribution < -0.4 is 10.5 Å². The lowest BCUT2D eigenvalue weighted by atomic mass is 9.80. The van der Waals surface area contributed by atoms with E-state index >= 15 is 0 Å². The highest BCUT2D eigenvalue weighted by molar-refractivity contribution is 6.10. The molecule has 0 radical (unpaired) electrons. The van der Waals surface area contributed by atoms with Crippen LogP contribution in [0.4, 0.5) is 10.1 Å². The number of hydrogen-bond donors (Lipinski definition) is 0. The molecule has 1 atom stereocenters. The second-order valence-corrected chi connectivity index (χ2v) is 8.21. The maximum Gasteiger partial charge on any atom is 0.347 e. The van der Waals surface area contributed by atoms with E-state index in [0.717, 1.165) is 12.1 Å². The SMILES string of the molecule is C[C@@H]1CC(C)(C)N(C)c2cc3oc(=O)c(C(=O)c4ccc(F)cc4)cc3cc21. The van der Waals surface area contributed by atoms with Gasteiger partial charge < -0.3 is 9.32 Å². The average Bonchev–Trinajstić information content (AvgIpc) is 2.64. The first-order chi connectivity index (χ1) is 13.2. The number of benzene rings is 2. The van der Waals surface area contributed by atoms with Gasteiger partial charge in [-0.2, -0.15) is 0 Å². The lowest BCUT2D eigenvalue weighted by molar-refractivity contribution is 0.103. The Morgan fingerprint density at radius 2 is 1.86 bits per heavy atom. The van der Waals surface area contributed by atoms with Crippen LogP contribution in [0.1, 0.15) is 54.6 Å². The molecule has 0 amide bonds. The zero-order valence-corrected chi connectivity index (χ0v) is 16.4. The summed E-state index contributed by atoms with van der Waals surface area (Å²) >= 11 is 0. The summed E-state index contributed by atoms with van der Waals surface area (Å²) in [5.74, 6) is -0.566. The summed E-state index contributed by atoms with van der Waals surface area (Å²) in [6.45, 7) is 6.57. The fraction of sp³-hybridized carbons (Fsp3) is 0.304. The fourth-order valence-electron chi connectivity index (χ4n) is 4.10. The van der Waals surface area contributed by atoms with Gasteiger partial charge in [-0.15, -0.1) is 0 Å². The number of hydrogen-bond acceptors (Lipinski definition) is 4. The third kappa shape index (κ3) is 2.91. The van der Waals surface area contributed by atoms with E-state index in [1.165, 1.54) is 29.8 Å². The van der Waals surface area contributed by atoms with E-state index in [1.54, 1.807) is 6.07 Å². The van der Waals surface area contributed by atoms with Crippen molar-refractivity contribution in [2.45, 2.75) is 38.6 Å². The number of halogens is 1. The van der Waals surface area contributed by atoms with E-state index in [0.29, 0.717) is 16.9 Å². The summed E-state index contributed by atoms with van der Waals surface area (Å²) in [6, 6.07) is 10.6. The molecule has 5 heteroatoms. The lowest BCUT2D eigenvalue weighted by Crippen LogP contribution is -2.45. The van der Waals surface area contributed by atoms with Gasteiger partial charge in [-0.3, -0.25) is 4.79 Å². The van der Waals surface area contributed by atoms with Crippen LogP contribution in [0.15, 0.2) is 51.7 Å². The van der Waals surface area contributed by atoms with Crippen molar-refractivity contribution in [3.05, 3.63) is 75.4 Å². The van der Waals surface area contributed by atoms with Crippen LogP contribution >= 0.6 is 0 Å². The monoisotopic (exact) mass is 379 g/mol. The fourth-order valence-corrected chi connectivity index (χ4v) is 4.10. The van der Waals surface area contributed by atoms with Gasteiger partial charge in [0.05, 0.1) is 0 Å². The number of carbonyl (C=O) groups excluding carboxylic acids is 1. The minimum Gasteiger partial charge on any atom is -0.422 e. The van der Waals surface area contributed by atoms with Gasteiger partial charge in [0.15, 0.2) is 5.78 Å². The van der Waals surface area contributed by atoms with Gasteiger partial charge in [-0.05, 0) is 68.1 Å². The molecule has 0 saturated heterocycles. The molecule has 1 aliphatic rings. The van der Waals surface area contributed by atoms with E-state index in [9.17, 15) is 14.0 Å². The van der Waals surface area contributed by atoms with E-state index < -0.39 is 17.2 Å². The minimum atomic E-state index is -0.687. The zero-order valence-electron chi connectivity index (χ0n) is 16.4. The van der Waals surface area contributed by atoms with Gasteiger partial charge in [-0.1, -0.05) is 6.92 Å². The molecule has 3 aromatic rings. The average molecular weight is 379 g/mol. The Hall–Kier alpha value is -2.95. The maximum absolute atomic E-state index is 13.1. The van der Waals surface area contributed by atoms with Crippen molar-refractivity contribution in [3.63, 3.8) is 0 Å². The first-order valence-corrected chi connectivity index (χ1v) is 9.33. The second kappa shape index (κ2) is 6.30. The Balaban J connectivity index is 1.86. The molecule has 2 heterocycles. The molecule has 4 nitrogen and oxygen atoms in total. The molecule has 0 fully saturated rings. The quantitative estimate of drug-likeness (QED) is 0.470.